The molecule has 0 aliphatic rings. The fourth-order valence-electron chi connectivity index (χ4n) is 3.82. The average molecular weight is 516 g/mol. The molecule has 0 saturated heterocycles. The first kappa shape index (κ1) is 25.7. The van der Waals surface area contributed by atoms with Crippen molar-refractivity contribution in [2.24, 2.45) is 4.99 Å². The van der Waals surface area contributed by atoms with E-state index in [2.05, 4.69) is 9.98 Å². The third-order valence-electron chi connectivity index (χ3n) is 5.40. The van der Waals surface area contributed by atoms with Gasteiger partial charge in [-0.15, -0.1) is 0 Å². The van der Waals surface area contributed by atoms with Gasteiger partial charge in [0.2, 0.25) is 0 Å². The number of aromatic nitrogens is 1. The van der Waals surface area contributed by atoms with Gasteiger partial charge >= 0.3 is 13.8 Å². The molecule has 36 heavy (non-hydrogen) atoms. The number of aliphatic imine (C=N–C) groups is 1. The van der Waals surface area contributed by atoms with Gasteiger partial charge in [0.1, 0.15) is 0 Å². The molecule has 0 aliphatic heterocycles. The predicted octanol–water partition coefficient (Wildman–Crippen LogP) is 6.95. The summed E-state index contributed by atoms with van der Waals surface area (Å²) >= 11 is 0. The smallest absolute Gasteiger partial charge is 0.416 e. The lowest BCUT2D eigenvalue weighted by Gasteiger charge is -2.17. The van der Waals surface area contributed by atoms with E-state index in [1.54, 1.807) is 56.3 Å². The molecule has 4 aromatic rings. The van der Waals surface area contributed by atoms with E-state index in [0.29, 0.717) is 33.0 Å². The van der Waals surface area contributed by atoms with Crippen molar-refractivity contribution < 1.29 is 31.9 Å². The molecule has 0 aliphatic carbocycles. The minimum atomic E-state index is -4.47. The van der Waals surface area contributed by atoms with Gasteiger partial charge in [0, 0.05) is 16.5 Å². The number of nitrogens with zero attached hydrogens (tertiary/aromatic N) is 1. The molecule has 0 atom stereocenters. The molecule has 0 amide bonds. The average Bonchev–Trinajstić information content (AvgIpc) is 3.18. The van der Waals surface area contributed by atoms with E-state index < -0.39 is 19.3 Å². The maximum Gasteiger partial charge on any atom is 0.416 e. The lowest BCUT2D eigenvalue weighted by molar-refractivity contribution is -0.137. The van der Waals surface area contributed by atoms with E-state index in [-0.39, 0.29) is 24.8 Å². The van der Waals surface area contributed by atoms with Gasteiger partial charge in [-0.25, -0.2) is 4.99 Å². The second-order valence-electron chi connectivity index (χ2n) is 7.78. The lowest BCUT2D eigenvalue weighted by atomic mass is 10.0. The number of alkyl halides is 3. The van der Waals surface area contributed by atoms with Crippen LogP contribution in [-0.2, 0) is 19.8 Å². The highest BCUT2D eigenvalue weighted by molar-refractivity contribution is 7.62. The topological polar surface area (TPSA) is 83.9 Å². The fraction of sp³-hybridized carbons (Fsp3) is 0.192. The summed E-state index contributed by atoms with van der Waals surface area (Å²) in [5, 5.41) is 11.7. The maximum atomic E-state index is 13.4. The summed E-state index contributed by atoms with van der Waals surface area (Å²) < 4.78 is 63.4. The van der Waals surface area contributed by atoms with Crippen molar-refractivity contribution in [3.8, 4) is 5.88 Å². The molecule has 4 rings (SSSR count). The number of H-pyrrole nitrogens is 1. The molecule has 0 radical (unpaired) electrons. The SMILES string of the molecule is CCOP(=O)(OCC)c1ccc2[nH]c(O)c(C(=Nc3ccc(C(F)(F)F)cc3)c3ccccc3)c2c1. The molecule has 0 saturated carbocycles. The Balaban J connectivity index is 1.92. The van der Waals surface area contributed by atoms with Crippen LogP contribution in [0.4, 0.5) is 18.9 Å². The van der Waals surface area contributed by atoms with E-state index >= 15 is 0 Å². The first-order valence-electron chi connectivity index (χ1n) is 11.2. The number of benzene rings is 3. The highest BCUT2D eigenvalue weighted by Gasteiger charge is 2.30. The molecule has 0 bridgehead atoms. The van der Waals surface area contributed by atoms with Gasteiger partial charge in [-0.2, -0.15) is 13.2 Å². The van der Waals surface area contributed by atoms with Crippen LogP contribution in [0.15, 0.2) is 77.8 Å². The predicted molar refractivity (Wildman–Crippen MR) is 134 cm³/mol. The fourth-order valence-corrected chi connectivity index (χ4v) is 5.41. The Morgan fingerprint density at radius 1 is 0.972 bits per heavy atom. The second kappa shape index (κ2) is 10.3. The van der Waals surface area contributed by atoms with E-state index in [4.69, 9.17) is 9.05 Å². The van der Waals surface area contributed by atoms with Gasteiger partial charge in [0.05, 0.1) is 41.0 Å². The number of hydrogen-bond acceptors (Lipinski definition) is 5. The Hall–Kier alpha value is -3.39. The van der Waals surface area contributed by atoms with Gasteiger partial charge in [-0.3, -0.25) is 4.57 Å². The van der Waals surface area contributed by atoms with E-state index in [0.717, 1.165) is 12.1 Å². The van der Waals surface area contributed by atoms with E-state index in [1.807, 2.05) is 6.07 Å². The Morgan fingerprint density at radius 3 is 2.19 bits per heavy atom. The van der Waals surface area contributed by atoms with E-state index in [1.165, 1.54) is 12.1 Å². The van der Waals surface area contributed by atoms with Crippen molar-refractivity contribution in [3.05, 3.63) is 89.5 Å². The van der Waals surface area contributed by atoms with Gasteiger partial charge in [0.15, 0.2) is 5.88 Å². The van der Waals surface area contributed by atoms with Crippen LogP contribution >= 0.6 is 7.60 Å². The zero-order valence-electron chi connectivity index (χ0n) is 19.5. The monoisotopic (exact) mass is 516 g/mol. The Kier molecular flexibility index (Phi) is 7.36. The normalized spacial score (nSPS) is 12.9. The number of aromatic hydroxyl groups is 1. The molecular weight excluding hydrogens is 492 g/mol. The molecule has 1 heterocycles. The quantitative estimate of drug-likeness (QED) is 0.196. The van der Waals surface area contributed by atoms with Crippen LogP contribution in [-0.4, -0.2) is 29.0 Å². The molecule has 0 unspecified atom stereocenters. The van der Waals surface area contributed by atoms with Gasteiger partial charge < -0.3 is 19.1 Å². The highest BCUT2D eigenvalue weighted by atomic mass is 31.2. The maximum absolute atomic E-state index is 13.4. The second-order valence-corrected chi connectivity index (χ2v) is 9.81. The summed E-state index contributed by atoms with van der Waals surface area (Å²) in [4.78, 5) is 7.50. The Labute approximate surface area is 206 Å². The molecule has 1 aromatic heterocycles. The molecule has 3 aromatic carbocycles. The first-order valence-corrected chi connectivity index (χ1v) is 12.8. The molecule has 0 fully saturated rings. The summed E-state index contributed by atoms with van der Waals surface area (Å²) in [5.74, 6) is -0.195. The summed E-state index contributed by atoms with van der Waals surface area (Å²) in [6.07, 6.45) is -4.47. The molecule has 6 nitrogen and oxygen atoms in total. The molecular formula is C26H24F3N2O4P. The minimum Gasteiger partial charge on any atom is -0.494 e. The number of aromatic amines is 1. The van der Waals surface area contributed by atoms with Crippen molar-refractivity contribution >= 4 is 35.2 Å². The molecule has 10 heteroatoms. The summed E-state index contributed by atoms with van der Waals surface area (Å²) in [6, 6.07) is 18.2. The van der Waals surface area contributed by atoms with Crippen LogP contribution in [0.2, 0.25) is 0 Å². The minimum absolute atomic E-state index is 0.172. The van der Waals surface area contributed by atoms with Crippen LogP contribution in [0.25, 0.3) is 10.9 Å². The Bertz CT molecular complexity index is 1420. The van der Waals surface area contributed by atoms with Crippen LogP contribution < -0.4 is 5.30 Å². The van der Waals surface area contributed by atoms with Crippen LogP contribution in [0.1, 0.15) is 30.5 Å². The summed E-state index contributed by atoms with van der Waals surface area (Å²) in [5.41, 5.74) is 1.26. The van der Waals surface area contributed by atoms with Gasteiger partial charge in [-0.05, 0) is 56.3 Å². The van der Waals surface area contributed by atoms with Gasteiger partial charge in [0.25, 0.3) is 0 Å². The van der Waals surface area contributed by atoms with Crippen molar-refractivity contribution in [2.45, 2.75) is 20.0 Å². The van der Waals surface area contributed by atoms with E-state index in [9.17, 15) is 22.8 Å². The zero-order chi connectivity index (χ0) is 25.9. The molecule has 188 valence electrons. The molecule has 0 spiro atoms. The van der Waals surface area contributed by atoms with Crippen LogP contribution in [0, 0.1) is 0 Å². The molecule has 2 N–H and O–H groups in total. The third-order valence-corrected chi connectivity index (χ3v) is 7.50. The number of hydrogen-bond donors (Lipinski definition) is 2. The van der Waals surface area contributed by atoms with Crippen molar-refractivity contribution in [1.82, 2.24) is 4.98 Å². The first-order chi connectivity index (χ1) is 17.2. The third kappa shape index (κ3) is 5.23. The summed E-state index contributed by atoms with van der Waals surface area (Å²) in [7, 11) is -3.62. The largest absolute Gasteiger partial charge is 0.494 e. The van der Waals surface area contributed by atoms with Crippen molar-refractivity contribution in [2.75, 3.05) is 13.2 Å². The summed E-state index contributed by atoms with van der Waals surface area (Å²) in [6.45, 7) is 3.76. The number of halogens is 3. The lowest BCUT2D eigenvalue weighted by Crippen LogP contribution is -2.11. The van der Waals surface area contributed by atoms with Crippen molar-refractivity contribution in [3.63, 3.8) is 0 Å². The van der Waals surface area contributed by atoms with Gasteiger partial charge in [-0.1, -0.05) is 30.3 Å². The van der Waals surface area contributed by atoms with Crippen LogP contribution in [0.5, 0.6) is 5.88 Å². The number of rotatable bonds is 8. The Morgan fingerprint density at radius 2 is 1.61 bits per heavy atom. The van der Waals surface area contributed by atoms with Crippen LogP contribution in [0.3, 0.4) is 0 Å². The number of fused-ring (bicyclic) bond motifs is 1. The highest BCUT2D eigenvalue weighted by Crippen LogP contribution is 2.47. The standard InChI is InChI=1S/C26H24F3N2O4P/c1-3-34-36(33,35-4-2)20-14-15-22-21(16-20)23(25(32)31-22)24(17-8-6-5-7-9-17)30-19-12-10-18(11-13-19)26(27,28)29/h5-16,31-32H,3-4H2,1-2H3. The number of nitrogens with one attached hydrogen (secondary N) is 1. The van der Waals surface area contributed by atoms with Crippen molar-refractivity contribution in [1.29, 1.82) is 0 Å². The zero-order valence-corrected chi connectivity index (χ0v) is 20.4.